The number of hydrogen-bond acceptors (Lipinski definition) is 4. The zero-order chi connectivity index (χ0) is 14.7. The Hall–Kier alpha value is -2.69. The monoisotopic (exact) mass is 283 g/mol. The molecule has 0 unspecified atom stereocenters. The van der Waals surface area contributed by atoms with Crippen molar-refractivity contribution in [2.45, 2.75) is 6.54 Å². The van der Waals surface area contributed by atoms with E-state index in [0.717, 1.165) is 22.3 Å². The molecule has 0 radical (unpaired) electrons. The smallest absolute Gasteiger partial charge is 0.137 e. The first-order valence-electron chi connectivity index (χ1n) is 6.53. The minimum atomic E-state index is -0.321. The Morgan fingerprint density at radius 3 is 2.86 bits per heavy atom. The predicted molar refractivity (Wildman–Crippen MR) is 79.8 cm³/mol. The van der Waals surface area contributed by atoms with Gasteiger partial charge in [0.05, 0.1) is 12.6 Å². The second-order valence-corrected chi connectivity index (χ2v) is 4.59. The van der Waals surface area contributed by atoms with Gasteiger partial charge in [-0.25, -0.2) is 14.4 Å². The number of nitrogens with zero attached hydrogens (tertiary/aromatic N) is 2. The molecule has 106 valence electrons. The largest absolute Gasteiger partial charge is 0.497 e. The molecule has 0 saturated carbocycles. The van der Waals surface area contributed by atoms with Crippen LogP contribution in [0, 0.1) is 5.82 Å². The van der Waals surface area contributed by atoms with Crippen molar-refractivity contribution in [3.63, 3.8) is 0 Å². The first-order chi connectivity index (χ1) is 10.3. The van der Waals surface area contributed by atoms with E-state index in [1.165, 1.54) is 25.6 Å². The van der Waals surface area contributed by atoms with Crippen molar-refractivity contribution in [2.24, 2.45) is 0 Å². The van der Waals surface area contributed by atoms with Gasteiger partial charge in [0.2, 0.25) is 0 Å². The molecule has 0 amide bonds. The number of halogens is 1. The van der Waals surface area contributed by atoms with E-state index < -0.39 is 0 Å². The van der Waals surface area contributed by atoms with Gasteiger partial charge in [0.25, 0.3) is 0 Å². The van der Waals surface area contributed by atoms with Gasteiger partial charge in [0.15, 0.2) is 0 Å². The van der Waals surface area contributed by atoms with E-state index in [1.54, 1.807) is 6.07 Å². The Labute approximate surface area is 121 Å². The van der Waals surface area contributed by atoms with Crippen molar-refractivity contribution in [3.8, 4) is 5.75 Å². The quantitative estimate of drug-likeness (QED) is 0.797. The van der Waals surface area contributed by atoms with Gasteiger partial charge in [0.1, 0.15) is 23.7 Å². The summed E-state index contributed by atoms with van der Waals surface area (Å²) in [5.41, 5.74) is 1.65. The summed E-state index contributed by atoms with van der Waals surface area (Å²) >= 11 is 0. The highest BCUT2D eigenvalue weighted by atomic mass is 19.1. The molecule has 0 bridgehead atoms. The minimum Gasteiger partial charge on any atom is -0.497 e. The van der Waals surface area contributed by atoms with Crippen molar-refractivity contribution in [1.82, 2.24) is 9.97 Å². The zero-order valence-corrected chi connectivity index (χ0v) is 11.5. The Bertz CT molecular complexity index is 771. The summed E-state index contributed by atoms with van der Waals surface area (Å²) in [5, 5.41) is 4.14. The summed E-state index contributed by atoms with van der Waals surface area (Å²) in [4.78, 5) is 8.45. The van der Waals surface area contributed by atoms with Gasteiger partial charge in [-0.15, -0.1) is 0 Å². The third-order valence-corrected chi connectivity index (χ3v) is 3.17. The Morgan fingerprint density at radius 1 is 1.14 bits per heavy atom. The first-order valence-corrected chi connectivity index (χ1v) is 6.53. The van der Waals surface area contributed by atoms with E-state index in [4.69, 9.17) is 4.74 Å². The SMILES string of the molecule is COc1cc(F)cc(CNc2ncnc3ccccc23)c1. The molecule has 3 aromatic rings. The van der Waals surface area contributed by atoms with Crippen LogP contribution in [-0.4, -0.2) is 17.1 Å². The molecule has 1 N–H and O–H groups in total. The lowest BCUT2D eigenvalue weighted by Crippen LogP contribution is -2.03. The van der Waals surface area contributed by atoms with Crippen LogP contribution < -0.4 is 10.1 Å². The van der Waals surface area contributed by atoms with E-state index in [-0.39, 0.29) is 5.82 Å². The van der Waals surface area contributed by atoms with Crippen molar-refractivity contribution >= 4 is 16.7 Å². The predicted octanol–water partition coefficient (Wildman–Crippen LogP) is 3.39. The fourth-order valence-electron chi connectivity index (χ4n) is 2.17. The van der Waals surface area contributed by atoms with Gasteiger partial charge in [-0.3, -0.25) is 0 Å². The first kappa shape index (κ1) is 13.3. The van der Waals surface area contributed by atoms with Crippen LogP contribution in [0.25, 0.3) is 10.9 Å². The number of para-hydroxylation sites is 1. The maximum Gasteiger partial charge on any atom is 0.137 e. The van der Waals surface area contributed by atoms with E-state index in [9.17, 15) is 4.39 Å². The number of anilines is 1. The third kappa shape index (κ3) is 2.91. The average molecular weight is 283 g/mol. The summed E-state index contributed by atoms with van der Waals surface area (Å²) in [7, 11) is 1.52. The maximum absolute atomic E-state index is 13.5. The average Bonchev–Trinajstić information content (AvgIpc) is 2.52. The van der Waals surface area contributed by atoms with Gasteiger partial charge < -0.3 is 10.1 Å². The third-order valence-electron chi connectivity index (χ3n) is 3.17. The standard InChI is InChI=1S/C16H14FN3O/c1-21-13-7-11(6-12(17)8-13)9-18-16-14-4-2-3-5-15(14)19-10-20-16/h2-8,10H,9H2,1H3,(H,18,19,20). The fourth-order valence-corrected chi connectivity index (χ4v) is 2.17. The molecule has 4 nitrogen and oxygen atoms in total. The highest BCUT2D eigenvalue weighted by Crippen LogP contribution is 2.20. The van der Waals surface area contributed by atoms with Gasteiger partial charge in [0, 0.05) is 18.0 Å². The van der Waals surface area contributed by atoms with Gasteiger partial charge in [-0.1, -0.05) is 12.1 Å². The summed E-state index contributed by atoms with van der Waals surface area (Å²) < 4.78 is 18.5. The van der Waals surface area contributed by atoms with Crippen molar-refractivity contribution < 1.29 is 9.13 Å². The summed E-state index contributed by atoms with van der Waals surface area (Å²) in [6.45, 7) is 0.453. The molecule has 0 saturated heterocycles. The van der Waals surface area contributed by atoms with E-state index in [0.29, 0.717) is 12.3 Å². The second-order valence-electron chi connectivity index (χ2n) is 4.59. The molecule has 0 aliphatic rings. The zero-order valence-electron chi connectivity index (χ0n) is 11.5. The van der Waals surface area contributed by atoms with Crippen molar-refractivity contribution in [3.05, 3.63) is 60.2 Å². The van der Waals surface area contributed by atoms with Crippen LogP contribution in [0.2, 0.25) is 0 Å². The van der Waals surface area contributed by atoms with Crippen LogP contribution in [0.15, 0.2) is 48.8 Å². The van der Waals surface area contributed by atoms with Crippen LogP contribution in [-0.2, 0) is 6.54 Å². The normalized spacial score (nSPS) is 10.6. The van der Waals surface area contributed by atoms with E-state index in [1.807, 2.05) is 24.3 Å². The number of nitrogens with one attached hydrogen (secondary N) is 1. The van der Waals surface area contributed by atoms with Crippen LogP contribution in [0.3, 0.4) is 0 Å². The van der Waals surface area contributed by atoms with E-state index in [2.05, 4.69) is 15.3 Å². The maximum atomic E-state index is 13.5. The number of hydrogen-bond donors (Lipinski definition) is 1. The molecule has 1 aromatic heterocycles. The van der Waals surface area contributed by atoms with Crippen molar-refractivity contribution in [1.29, 1.82) is 0 Å². The van der Waals surface area contributed by atoms with Crippen LogP contribution >= 0.6 is 0 Å². The van der Waals surface area contributed by atoms with Gasteiger partial charge in [-0.2, -0.15) is 0 Å². The number of benzene rings is 2. The number of ether oxygens (including phenoxy) is 1. The lowest BCUT2D eigenvalue weighted by atomic mass is 10.2. The molecule has 3 rings (SSSR count). The molecule has 21 heavy (non-hydrogen) atoms. The molecule has 0 atom stereocenters. The van der Waals surface area contributed by atoms with Crippen LogP contribution in [0.5, 0.6) is 5.75 Å². The number of fused-ring (bicyclic) bond motifs is 1. The van der Waals surface area contributed by atoms with Crippen LogP contribution in [0.1, 0.15) is 5.56 Å². The highest BCUT2D eigenvalue weighted by Gasteiger charge is 2.04. The van der Waals surface area contributed by atoms with Crippen LogP contribution in [0.4, 0.5) is 10.2 Å². The van der Waals surface area contributed by atoms with Gasteiger partial charge >= 0.3 is 0 Å². The molecular weight excluding hydrogens is 269 g/mol. The Kier molecular flexibility index (Phi) is 3.64. The summed E-state index contributed by atoms with van der Waals surface area (Å²) in [5.74, 6) is 0.905. The van der Waals surface area contributed by atoms with Gasteiger partial charge in [-0.05, 0) is 29.8 Å². The Balaban J connectivity index is 1.85. The lowest BCUT2D eigenvalue weighted by Gasteiger charge is -2.09. The Morgan fingerprint density at radius 2 is 2.00 bits per heavy atom. The number of rotatable bonds is 4. The number of methoxy groups -OCH3 is 1. The molecule has 0 aliphatic carbocycles. The fraction of sp³-hybridized carbons (Fsp3) is 0.125. The number of aromatic nitrogens is 2. The van der Waals surface area contributed by atoms with E-state index >= 15 is 0 Å². The lowest BCUT2D eigenvalue weighted by molar-refractivity contribution is 0.410. The molecule has 1 heterocycles. The molecular formula is C16H14FN3O. The summed E-state index contributed by atoms with van der Waals surface area (Å²) in [6.07, 6.45) is 1.51. The molecule has 5 heteroatoms. The molecule has 0 spiro atoms. The molecule has 2 aromatic carbocycles. The minimum absolute atomic E-state index is 0.321. The van der Waals surface area contributed by atoms with Crippen molar-refractivity contribution in [2.75, 3.05) is 12.4 Å². The molecule has 0 aliphatic heterocycles. The topological polar surface area (TPSA) is 47.0 Å². The molecule has 0 fully saturated rings. The highest BCUT2D eigenvalue weighted by molar-refractivity contribution is 5.88. The summed E-state index contributed by atoms with van der Waals surface area (Å²) in [6, 6.07) is 12.3. The second kappa shape index (κ2) is 5.75.